The van der Waals surface area contributed by atoms with E-state index in [0.717, 1.165) is 38.5 Å². The number of aromatic nitrogens is 2. The van der Waals surface area contributed by atoms with Crippen molar-refractivity contribution in [3.05, 3.63) is 79.0 Å². The molecule has 4 aromatic carbocycles. The first kappa shape index (κ1) is 20.3. The minimum Gasteiger partial charge on any atom is -0.399 e. The topological polar surface area (TPSA) is 44.2 Å². The summed E-state index contributed by atoms with van der Waals surface area (Å²) < 4.78 is 12.5. The third kappa shape index (κ3) is 3.15. The molecule has 1 aliphatic heterocycles. The van der Waals surface area contributed by atoms with E-state index in [4.69, 9.17) is 19.3 Å². The number of nitrogens with zero attached hydrogens (tertiary/aromatic N) is 2. The Kier molecular flexibility index (Phi) is 4.38. The van der Waals surface area contributed by atoms with Crippen LogP contribution in [0.1, 0.15) is 27.7 Å². The summed E-state index contributed by atoms with van der Waals surface area (Å²) in [5, 5.41) is 4.63. The molecule has 4 nitrogen and oxygen atoms in total. The lowest BCUT2D eigenvalue weighted by atomic mass is 9.78. The predicted octanol–water partition coefficient (Wildman–Crippen LogP) is 5.90. The van der Waals surface area contributed by atoms with Gasteiger partial charge in [0.25, 0.3) is 0 Å². The van der Waals surface area contributed by atoms with E-state index in [-0.39, 0.29) is 11.2 Å². The Balaban J connectivity index is 1.50. The molecule has 0 amide bonds. The van der Waals surface area contributed by atoms with Gasteiger partial charge >= 0.3 is 7.12 Å². The van der Waals surface area contributed by atoms with Crippen LogP contribution in [0.2, 0.25) is 0 Å². The second-order valence-corrected chi connectivity index (χ2v) is 9.76. The van der Waals surface area contributed by atoms with Crippen molar-refractivity contribution in [2.75, 3.05) is 0 Å². The summed E-state index contributed by atoms with van der Waals surface area (Å²) in [4.78, 5) is 9.99. The van der Waals surface area contributed by atoms with E-state index in [2.05, 4.69) is 88.4 Å². The Morgan fingerprint density at radius 1 is 0.667 bits per heavy atom. The minimum atomic E-state index is -0.409. The number of rotatable bonds is 2. The van der Waals surface area contributed by atoms with Crippen molar-refractivity contribution in [1.82, 2.24) is 9.97 Å². The second-order valence-electron chi connectivity index (χ2n) is 9.76. The molecule has 0 bridgehead atoms. The molecule has 1 saturated heterocycles. The lowest BCUT2D eigenvalue weighted by Gasteiger charge is -2.32. The Bertz CT molecular complexity index is 1490. The molecule has 1 fully saturated rings. The summed E-state index contributed by atoms with van der Waals surface area (Å²) >= 11 is 0. The zero-order valence-electron chi connectivity index (χ0n) is 19.3. The van der Waals surface area contributed by atoms with E-state index in [0.29, 0.717) is 0 Å². The highest BCUT2D eigenvalue weighted by Gasteiger charge is 2.51. The quantitative estimate of drug-likeness (QED) is 0.257. The molecular weight excluding hydrogens is 407 g/mol. The lowest BCUT2D eigenvalue weighted by Crippen LogP contribution is -2.41. The Morgan fingerprint density at radius 3 is 1.88 bits per heavy atom. The fourth-order valence-corrected chi connectivity index (χ4v) is 4.59. The Morgan fingerprint density at radius 2 is 1.24 bits per heavy atom. The Labute approximate surface area is 193 Å². The van der Waals surface area contributed by atoms with Crippen LogP contribution in [-0.2, 0) is 9.31 Å². The molecule has 0 atom stereocenters. The van der Waals surface area contributed by atoms with Crippen LogP contribution in [0.4, 0.5) is 0 Å². The SMILES string of the molecule is CC1(C)OB(c2cccc(-c3cnc4c5ccccc5c5ccccc5c4n3)c2)OC1(C)C. The van der Waals surface area contributed by atoms with E-state index in [1.165, 1.54) is 10.8 Å². The van der Waals surface area contributed by atoms with Gasteiger partial charge in [-0.05, 0) is 43.9 Å². The molecule has 1 aliphatic rings. The molecule has 0 saturated carbocycles. The lowest BCUT2D eigenvalue weighted by molar-refractivity contribution is 0.00578. The molecule has 0 radical (unpaired) electrons. The number of hydrogen-bond donors (Lipinski definition) is 0. The normalized spacial score (nSPS) is 17.3. The molecule has 5 aromatic rings. The van der Waals surface area contributed by atoms with Gasteiger partial charge < -0.3 is 9.31 Å². The fourth-order valence-electron chi connectivity index (χ4n) is 4.59. The first-order valence-electron chi connectivity index (χ1n) is 11.4. The molecule has 0 N–H and O–H groups in total. The number of fused-ring (bicyclic) bond motifs is 6. The van der Waals surface area contributed by atoms with Crippen molar-refractivity contribution < 1.29 is 9.31 Å². The van der Waals surface area contributed by atoms with Crippen molar-refractivity contribution in [3.8, 4) is 11.3 Å². The molecule has 6 rings (SSSR count). The van der Waals surface area contributed by atoms with Gasteiger partial charge in [-0.1, -0.05) is 72.8 Å². The largest absolute Gasteiger partial charge is 0.494 e. The van der Waals surface area contributed by atoms with Crippen LogP contribution in [-0.4, -0.2) is 28.3 Å². The van der Waals surface area contributed by atoms with Crippen LogP contribution in [0.15, 0.2) is 79.0 Å². The average molecular weight is 432 g/mol. The zero-order chi connectivity index (χ0) is 22.8. The van der Waals surface area contributed by atoms with Crippen LogP contribution < -0.4 is 5.46 Å². The molecule has 2 heterocycles. The molecule has 0 unspecified atom stereocenters. The summed E-state index contributed by atoms with van der Waals surface area (Å²) in [6.07, 6.45) is 1.87. The van der Waals surface area contributed by atoms with Crippen LogP contribution in [0.3, 0.4) is 0 Å². The van der Waals surface area contributed by atoms with Crippen LogP contribution in [0, 0.1) is 0 Å². The molecule has 0 aliphatic carbocycles. The van der Waals surface area contributed by atoms with Crippen LogP contribution in [0.5, 0.6) is 0 Å². The Hall–Kier alpha value is -3.28. The van der Waals surface area contributed by atoms with E-state index in [1.807, 2.05) is 18.3 Å². The first-order valence-corrected chi connectivity index (χ1v) is 11.4. The molecule has 1 aromatic heterocycles. The van der Waals surface area contributed by atoms with E-state index >= 15 is 0 Å². The second kappa shape index (κ2) is 7.11. The molecule has 33 heavy (non-hydrogen) atoms. The van der Waals surface area contributed by atoms with E-state index < -0.39 is 7.12 Å². The van der Waals surface area contributed by atoms with Crippen LogP contribution >= 0.6 is 0 Å². The van der Waals surface area contributed by atoms with Crippen molar-refractivity contribution >= 4 is 45.2 Å². The average Bonchev–Trinajstić information content (AvgIpc) is 3.06. The van der Waals surface area contributed by atoms with Gasteiger partial charge in [-0.3, -0.25) is 4.98 Å². The van der Waals surface area contributed by atoms with Gasteiger partial charge in [-0.25, -0.2) is 4.98 Å². The first-order chi connectivity index (χ1) is 15.8. The molecule has 0 spiro atoms. The zero-order valence-corrected chi connectivity index (χ0v) is 19.3. The summed E-state index contributed by atoms with van der Waals surface area (Å²) in [6, 6.07) is 25.1. The molecule has 162 valence electrons. The highest BCUT2D eigenvalue weighted by atomic mass is 16.7. The summed E-state index contributed by atoms with van der Waals surface area (Å²) in [5.41, 5.74) is 3.90. The van der Waals surface area contributed by atoms with Crippen LogP contribution in [0.25, 0.3) is 43.8 Å². The molecule has 5 heteroatoms. The van der Waals surface area contributed by atoms with Crippen molar-refractivity contribution in [2.24, 2.45) is 0 Å². The van der Waals surface area contributed by atoms with Crippen molar-refractivity contribution in [1.29, 1.82) is 0 Å². The summed E-state index contributed by atoms with van der Waals surface area (Å²) in [7, 11) is -0.409. The maximum Gasteiger partial charge on any atom is 0.494 e. The smallest absolute Gasteiger partial charge is 0.399 e. The van der Waals surface area contributed by atoms with Gasteiger partial charge in [0.15, 0.2) is 0 Å². The monoisotopic (exact) mass is 432 g/mol. The maximum atomic E-state index is 6.26. The van der Waals surface area contributed by atoms with Gasteiger partial charge in [0.1, 0.15) is 0 Å². The van der Waals surface area contributed by atoms with Gasteiger partial charge in [0, 0.05) is 16.3 Å². The van der Waals surface area contributed by atoms with Gasteiger partial charge in [-0.2, -0.15) is 0 Å². The van der Waals surface area contributed by atoms with Gasteiger partial charge in [0.2, 0.25) is 0 Å². The van der Waals surface area contributed by atoms with Crippen molar-refractivity contribution in [3.63, 3.8) is 0 Å². The maximum absolute atomic E-state index is 6.26. The van der Waals surface area contributed by atoms with E-state index in [1.54, 1.807) is 0 Å². The van der Waals surface area contributed by atoms with Gasteiger partial charge in [-0.15, -0.1) is 0 Å². The fraction of sp³-hybridized carbons (Fsp3) is 0.214. The number of hydrogen-bond acceptors (Lipinski definition) is 4. The third-order valence-corrected chi connectivity index (χ3v) is 7.13. The molecular formula is C28H25BN2O2. The highest BCUT2D eigenvalue weighted by Crippen LogP contribution is 2.37. The summed E-state index contributed by atoms with van der Waals surface area (Å²) in [5.74, 6) is 0. The van der Waals surface area contributed by atoms with E-state index in [9.17, 15) is 0 Å². The summed E-state index contributed by atoms with van der Waals surface area (Å²) in [6.45, 7) is 8.28. The minimum absolute atomic E-state index is 0.379. The predicted molar refractivity (Wildman–Crippen MR) is 136 cm³/mol. The third-order valence-electron chi connectivity index (χ3n) is 7.13. The highest BCUT2D eigenvalue weighted by molar-refractivity contribution is 6.62. The number of benzene rings is 4. The van der Waals surface area contributed by atoms with Crippen molar-refractivity contribution in [2.45, 2.75) is 38.9 Å². The van der Waals surface area contributed by atoms with Gasteiger partial charge in [0.05, 0.1) is 34.1 Å². The standard InChI is InChI=1S/C28H25BN2O2/c1-27(2)28(3,4)33-29(32-27)19-11-9-10-18(16-19)24-17-30-25-22-14-7-5-12-20(22)21-13-6-8-15-23(21)26(25)31-24/h5-17H,1-4H3.